The third-order valence-electron chi connectivity index (χ3n) is 4.59. The van der Waals surface area contributed by atoms with E-state index in [1.165, 1.54) is 0 Å². The Labute approximate surface area is 168 Å². The zero-order chi connectivity index (χ0) is 19.4. The van der Waals surface area contributed by atoms with Gasteiger partial charge in [0.05, 0.1) is 24.1 Å². The molecule has 142 valence electrons. The fourth-order valence-corrected chi connectivity index (χ4v) is 3.39. The molecule has 1 saturated heterocycles. The van der Waals surface area contributed by atoms with Gasteiger partial charge in [-0.05, 0) is 35.9 Å². The number of benzene rings is 2. The lowest BCUT2D eigenvalue weighted by Crippen LogP contribution is -2.51. The highest BCUT2D eigenvalue weighted by Gasteiger charge is 2.26. The van der Waals surface area contributed by atoms with Crippen molar-refractivity contribution in [1.82, 2.24) is 9.80 Å². The van der Waals surface area contributed by atoms with Crippen molar-refractivity contribution < 1.29 is 14.3 Å². The van der Waals surface area contributed by atoms with Crippen molar-refractivity contribution in [3.63, 3.8) is 0 Å². The first-order valence-corrected chi connectivity index (χ1v) is 9.38. The van der Waals surface area contributed by atoms with E-state index in [2.05, 4.69) is 0 Å². The Hall–Kier alpha value is -2.24. The van der Waals surface area contributed by atoms with Crippen molar-refractivity contribution in [3.8, 4) is 5.75 Å². The molecule has 0 aliphatic carbocycles. The molecule has 3 rings (SSSR count). The van der Waals surface area contributed by atoms with Crippen molar-refractivity contribution in [2.45, 2.75) is 6.42 Å². The standard InChI is InChI=1S/C20H20Cl2N2O3/c1-27-16-5-2-14(3-6-16)12-19(25)23-8-10-24(11-9-23)20(26)17-13-15(21)4-7-18(17)22/h2-7,13H,8-12H2,1H3. The van der Waals surface area contributed by atoms with Crippen LogP contribution in [0.25, 0.3) is 0 Å². The lowest BCUT2D eigenvalue weighted by atomic mass is 10.1. The van der Waals surface area contributed by atoms with Crippen LogP contribution in [0.4, 0.5) is 0 Å². The van der Waals surface area contributed by atoms with Gasteiger partial charge in [-0.3, -0.25) is 9.59 Å². The summed E-state index contributed by atoms with van der Waals surface area (Å²) in [6.45, 7) is 1.93. The van der Waals surface area contributed by atoms with Crippen molar-refractivity contribution >= 4 is 35.0 Å². The quantitative estimate of drug-likeness (QED) is 0.779. The Morgan fingerprint density at radius 3 is 2.22 bits per heavy atom. The Bertz CT molecular complexity index is 832. The molecule has 1 aliphatic rings. The summed E-state index contributed by atoms with van der Waals surface area (Å²) in [5, 5.41) is 0.846. The molecule has 2 amide bonds. The summed E-state index contributed by atoms with van der Waals surface area (Å²) in [5.74, 6) is 0.649. The number of hydrogen-bond donors (Lipinski definition) is 0. The Morgan fingerprint density at radius 1 is 0.963 bits per heavy atom. The van der Waals surface area contributed by atoms with Gasteiger partial charge in [0.2, 0.25) is 5.91 Å². The molecule has 0 spiro atoms. The van der Waals surface area contributed by atoms with E-state index in [1.54, 1.807) is 35.1 Å². The third kappa shape index (κ3) is 4.73. The first kappa shape index (κ1) is 19.5. The average Bonchev–Trinajstić information content (AvgIpc) is 2.70. The van der Waals surface area contributed by atoms with E-state index in [4.69, 9.17) is 27.9 Å². The maximum absolute atomic E-state index is 12.7. The third-order valence-corrected chi connectivity index (χ3v) is 5.16. The molecule has 7 heteroatoms. The van der Waals surface area contributed by atoms with Crippen LogP contribution in [0.1, 0.15) is 15.9 Å². The number of methoxy groups -OCH3 is 1. The van der Waals surface area contributed by atoms with E-state index in [0.29, 0.717) is 48.2 Å². The summed E-state index contributed by atoms with van der Waals surface area (Å²) in [6, 6.07) is 12.3. The average molecular weight is 407 g/mol. The first-order valence-electron chi connectivity index (χ1n) is 8.63. The molecule has 2 aromatic rings. The summed E-state index contributed by atoms with van der Waals surface area (Å²) in [5.41, 5.74) is 1.33. The molecule has 1 heterocycles. The van der Waals surface area contributed by atoms with Crippen molar-refractivity contribution in [3.05, 3.63) is 63.6 Å². The number of carbonyl (C=O) groups excluding carboxylic acids is 2. The van der Waals surface area contributed by atoms with Gasteiger partial charge >= 0.3 is 0 Å². The van der Waals surface area contributed by atoms with Crippen LogP contribution < -0.4 is 4.74 Å². The van der Waals surface area contributed by atoms with Crippen LogP contribution in [0.15, 0.2) is 42.5 Å². The maximum atomic E-state index is 12.7. The van der Waals surface area contributed by atoms with Gasteiger partial charge in [0, 0.05) is 31.2 Å². The van der Waals surface area contributed by atoms with E-state index >= 15 is 0 Å². The predicted octanol–water partition coefficient (Wildman–Crippen LogP) is 3.53. The maximum Gasteiger partial charge on any atom is 0.255 e. The number of piperazine rings is 1. The van der Waals surface area contributed by atoms with E-state index in [1.807, 2.05) is 24.3 Å². The molecule has 27 heavy (non-hydrogen) atoms. The van der Waals surface area contributed by atoms with E-state index < -0.39 is 0 Å². The van der Waals surface area contributed by atoms with E-state index in [-0.39, 0.29) is 11.8 Å². The fraction of sp³-hybridized carbons (Fsp3) is 0.300. The number of carbonyl (C=O) groups is 2. The summed E-state index contributed by atoms with van der Waals surface area (Å²) in [4.78, 5) is 28.7. The normalized spacial score (nSPS) is 14.2. The molecule has 2 aromatic carbocycles. The number of hydrogen-bond acceptors (Lipinski definition) is 3. The highest BCUT2D eigenvalue weighted by molar-refractivity contribution is 6.35. The monoisotopic (exact) mass is 406 g/mol. The minimum Gasteiger partial charge on any atom is -0.497 e. The topological polar surface area (TPSA) is 49.9 Å². The molecule has 1 fully saturated rings. The van der Waals surface area contributed by atoms with Gasteiger partial charge in [0.1, 0.15) is 5.75 Å². The molecular weight excluding hydrogens is 387 g/mol. The number of amides is 2. The Balaban J connectivity index is 1.57. The zero-order valence-electron chi connectivity index (χ0n) is 15.0. The second-order valence-corrected chi connectivity index (χ2v) is 7.17. The van der Waals surface area contributed by atoms with Gasteiger partial charge in [-0.25, -0.2) is 0 Å². The smallest absolute Gasteiger partial charge is 0.255 e. The Morgan fingerprint density at radius 2 is 1.59 bits per heavy atom. The van der Waals surface area contributed by atoms with Gasteiger partial charge in [0.15, 0.2) is 0 Å². The second-order valence-electron chi connectivity index (χ2n) is 6.32. The van der Waals surface area contributed by atoms with Gasteiger partial charge in [0.25, 0.3) is 5.91 Å². The summed E-state index contributed by atoms with van der Waals surface area (Å²) >= 11 is 12.1. The predicted molar refractivity (Wildman–Crippen MR) is 106 cm³/mol. The van der Waals surface area contributed by atoms with Gasteiger partial charge in [-0.15, -0.1) is 0 Å². The Kier molecular flexibility index (Phi) is 6.24. The van der Waals surface area contributed by atoms with Crippen LogP contribution in [-0.2, 0) is 11.2 Å². The molecule has 0 saturated carbocycles. The number of rotatable bonds is 4. The molecule has 0 N–H and O–H groups in total. The number of halogens is 2. The molecule has 5 nitrogen and oxygen atoms in total. The molecular formula is C20H20Cl2N2O3. The largest absolute Gasteiger partial charge is 0.497 e. The highest BCUT2D eigenvalue weighted by atomic mass is 35.5. The van der Waals surface area contributed by atoms with Crippen LogP contribution in [0.5, 0.6) is 5.75 Å². The van der Waals surface area contributed by atoms with Crippen LogP contribution in [0, 0.1) is 0 Å². The fourth-order valence-electron chi connectivity index (χ4n) is 3.02. The molecule has 0 unspecified atom stereocenters. The van der Waals surface area contributed by atoms with Gasteiger partial charge in [-0.1, -0.05) is 35.3 Å². The van der Waals surface area contributed by atoms with Crippen LogP contribution in [0.3, 0.4) is 0 Å². The van der Waals surface area contributed by atoms with E-state index in [9.17, 15) is 9.59 Å². The SMILES string of the molecule is COc1ccc(CC(=O)N2CCN(C(=O)c3cc(Cl)ccc3Cl)CC2)cc1. The number of ether oxygens (including phenoxy) is 1. The molecule has 0 atom stereocenters. The van der Waals surface area contributed by atoms with Crippen LogP contribution in [-0.4, -0.2) is 54.9 Å². The molecule has 0 radical (unpaired) electrons. The molecule has 0 aromatic heterocycles. The lowest BCUT2D eigenvalue weighted by molar-refractivity contribution is -0.131. The van der Waals surface area contributed by atoms with Crippen molar-refractivity contribution in [2.75, 3.05) is 33.3 Å². The summed E-state index contributed by atoms with van der Waals surface area (Å²) in [7, 11) is 1.61. The minimum absolute atomic E-state index is 0.0491. The number of nitrogens with zero attached hydrogens (tertiary/aromatic N) is 2. The molecule has 1 aliphatic heterocycles. The van der Waals surface area contributed by atoms with Crippen LogP contribution >= 0.6 is 23.2 Å². The highest BCUT2D eigenvalue weighted by Crippen LogP contribution is 2.23. The minimum atomic E-state index is -0.162. The van der Waals surface area contributed by atoms with Gasteiger partial charge < -0.3 is 14.5 Å². The first-order chi connectivity index (χ1) is 13.0. The summed E-state index contributed by atoms with van der Waals surface area (Å²) < 4.78 is 5.13. The van der Waals surface area contributed by atoms with Crippen molar-refractivity contribution in [1.29, 1.82) is 0 Å². The second kappa shape index (κ2) is 8.63. The summed E-state index contributed by atoms with van der Waals surface area (Å²) in [6.07, 6.45) is 0.331. The van der Waals surface area contributed by atoms with Gasteiger partial charge in [-0.2, -0.15) is 0 Å². The van der Waals surface area contributed by atoms with Crippen molar-refractivity contribution in [2.24, 2.45) is 0 Å². The van der Waals surface area contributed by atoms with Crippen LogP contribution in [0.2, 0.25) is 10.0 Å². The zero-order valence-corrected chi connectivity index (χ0v) is 16.5. The molecule has 0 bridgehead atoms. The lowest BCUT2D eigenvalue weighted by Gasteiger charge is -2.35. The van der Waals surface area contributed by atoms with E-state index in [0.717, 1.165) is 11.3 Å².